The number of aromatic nitrogens is 3. The van der Waals surface area contributed by atoms with Gasteiger partial charge in [-0.25, -0.2) is 4.68 Å². The van der Waals surface area contributed by atoms with Crippen molar-refractivity contribution >= 4 is 58.2 Å². The van der Waals surface area contributed by atoms with Crippen LogP contribution in [0.25, 0.3) is 0 Å². The summed E-state index contributed by atoms with van der Waals surface area (Å²) < 4.78 is 1.69. The van der Waals surface area contributed by atoms with Crippen LogP contribution in [-0.2, 0) is 12.2 Å². The highest BCUT2D eigenvalue weighted by Crippen LogP contribution is 2.23. The smallest absolute Gasteiger partial charge is 0.257 e. The zero-order valence-electron chi connectivity index (χ0n) is 15.4. The van der Waals surface area contributed by atoms with E-state index in [-0.39, 0.29) is 5.11 Å². The molecule has 0 aliphatic carbocycles. The fourth-order valence-corrected chi connectivity index (χ4v) is 3.75. The van der Waals surface area contributed by atoms with Crippen molar-refractivity contribution in [3.8, 4) is 0 Å². The van der Waals surface area contributed by atoms with Crippen molar-refractivity contribution in [1.82, 2.24) is 20.2 Å². The topological polar surface area (TPSA) is 71.8 Å². The molecule has 0 saturated carbocycles. The van der Waals surface area contributed by atoms with Gasteiger partial charge in [-0.1, -0.05) is 72.2 Å². The van der Waals surface area contributed by atoms with E-state index in [1.54, 1.807) is 16.8 Å². The van der Waals surface area contributed by atoms with Gasteiger partial charge in [-0.3, -0.25) is 15.5 Å². The van der Waals surface area contributed by atoms with Crippen molar-refractivity contribution in [3.05, 3.63) is 75.5 Å². The molecule has 29 heavy (non-hydrogen) atoms. The maximum absolute atomic E-state index is 12.4. The molecule has 2 N–H and O–H groups in total. The van der Waals surface area contributed by atoms with Gasteiger partial charge >= 0.3 is 0 Å². The molecule has 0 saturated heterocycles. The van der Waals surface area contributed by atoms with Crippen molar-refractivity contribution in [3.63, 3.8) is 0 Å². The number of carbonyl (C=O) groups is 1. The molecule has 3 rings (SSSR count). The predicted octanol–water partition coefficient (Wildman–Crippen LogP) is 4.70. The van der Waals surface area contributed by atoms with E-state index in [0.717, 1.165) is 5.75 Å². The number of rotatable bonds is 6. The maximum Gasteiger partial charge on any atom is 0.257 e. The first-order valence-electron chi connectivity index (χ1n) is 8.66. The molecule has 6 nitrogen and oxygen atoms in total. The number of nitrogens with zero attached hydrogens (tertiary/aromatic N) is 3. The summed E-state index contributed by atoms with van der Waals surface area (Å²) in [5.41, 5.74) is 4.50. The second-order valence-corrected chi connectivity index (χ2v) is 8.05. The lowest BCUT2D eigenvalue weighted by molar-refractivity contribution is 0.0977. The van der Waals surface area contributed by atoms with Crippen molar-refractivity contribution in [2.45, 2.75) is 24.3 Å². The monoisotopic (exact) mass is 465 g/mol. The van der Waals surface area contributed by atoms with Gasteiger partial charge in [0.25, 0.3) is 5.91 Å². The Hall–Kier alpha value is -2.13. The Balaban J connectivity index is 1.68. The van der Waals surface area contributed by atoms with Crippen LogP contribution in [0, 0.1) is 0 Å². The standard InChI is InChI=1S/C19H17Cl2N5OS2/c1-2-16-23-24-19(29-11-12-6-4-3-5-7-12)26(16)25-18(28)22-17(27)13-8-9-14(20)15(21)10-13/h3-10H,2,11H2,1H3,(H2,22,25,27,28). The molecule has 1 heterocycles. The molecule has 0 unspecified atom stereocenters. The first-order valence-corrected chi connectivity index (χ1v) is 10.8. The van der Waals surface area contributed by atoms with Crippen LogP contribution in [0.4, 0.5) is 0 Å². The third-order valence-electron chi connectivity index (χ3n) is 3.85. The number of hydrogen-bond acceptors (Lipinski definition) is 5. The highest BCUT2D eigenvalue weighted by molar-refractivity contribution is 7.98. The Labute approximate surface area is 188 Å². The van der Waals surface area contributed by atoms with Gasteiger partial charge < -0.3 is 0 Å². The van der Waals surface area contributed by atoms with Gasteiger partial charge in [0.05, 0.1) is 10.0 Å². The highest BCUT2D eigenvalue weighted by atomic mass is 35.5. The molecular weight excluding hydrogens is 449 g/mol. The number of amides is 1. The van der Waals surface area contributed by atoms with Gasteiger partial charge in [-0.05, 0) is 36.0 Å². The Morgan fingerprint density at radius 2 is 1.90 bits per heavy atom. The van der Waals surface area contributed by atoms with E-state index in [1.165, 1.54) is 23.4 Å². The van der Waals surface area contributed by atoms with Crippen molar-refractivity contribution < 1.29 is 4.79 Å². The number of aryl methyl sites for hydroxylation is 1. The van der Waals surface area contributed by atoms with Gasteiger partial charge in [0, 0.05) is 17.7 Å². The Morgan fingerprint density at radius 1 is 1.14 bits per heavy atom. The molecule has 1 aromatic heterocycles. The van der Waals surface area contributed by atoms with Crippen LogP contribution in [0.3, 0.4) is 0 Å². The highest BCUT2D eigenvalue weighted by Gasteiger charge is 2.15. The molecule has 0 aliphatic rings. The molecule has 1 amide bonds. The normalized spacial score (nSPS) is 10.6. The molecule has 0 atom stereocenters. The lowest BCUT2D eigenvalue weighted by atomic mass is 10.2. The maximum atomic E-state index is 12.4. The number of nitrogens with one attached hydrogen (secondary N) is 2. The van der Waals surface area contributed by atoms with E-state index < -0.39 is 5.91 Å². The first kappa shape index (κ1) is 21.6. The van der Waals surface area contributed by atoms with Gasteiger partial charge in [-0.15, -0.1) is 10.2 Å². The summed E-state index contributed by atoms with van der Waals surface area (Å²) in [5, 5.41) is 12.5. The molecule has 10 heteroatoms. The first-order chi connectivity index (χ1) is 14.0. The average Bonchev–Trinajstić information content (AvgIpc) is 3.10. The Morgan fingerprint density at radius 3 is 2.59 bits per heavy atom. The van der Waals surface area contributed by atoms with Crippen molar-refractivity contribution in [1.29, 1.82) is 0 Å². The van der Waals surface area contributed by atoms with Crippen molar-refractivity contribution in [2.24, 2.45) is 0 Å². The Bertz CT molecular complexity index is 1030. The van der Waals surface area contributed by atoms with E-state index in [2.05, 4.69) is 20.9 Å². The van der Waals surface area contributed by atoms with Crippen LogP contribution in [-0.4, -0.2) is 25.9 Å². The van der Waals surface area contributed by atoms with E-state index in [1.807, 2.05) is 37.3 Å². The minimum Gasteiger partial charge on any atom is -0.298 e. The summed E-state index contributed by atoms with van der Waals surface area (Å²) in [5.74, 6) is 1.03. The molecule has 0 aliphatic heterocycles. The van der Waals surface area contributed by atoms with Gasteiger partial charge in [-0.2, -0.15) is 0 Å². The van der Waals surface area contributed by atoms with Crippen LogP contribution >= 0.6 is 47.2 Å². The van der Waals surface area contributed by atoms with E-state index in [9.17, 15) is 4.79 Å². The van der Waals surface area contributed by atoms with Crippen LogP contribution in [0.15, 0.2) is 53.7 Å². The minimum absolute atomic E-state index is 0.122. The molecule has 0 spiro atoms. The van der Waals surface area contributed by atoms with Crippen LogP contribution in [0.5, 0.6) is 0 Å². The fraction of sp³-hybridized carbons (Fsp3) is 0.158. The van der Waals surface area contributed by atoms with Crippen LogP contribution in [0.1, 0.15) is 28.7 Å². The summed E-state index contributed by atoms with van der Waals surface area (Å²) in [6.07, 6.45) is 0.648. The predicted molar refractivity (Wildman–Crippen MR) is 121 cm³/mol. The molecule has 0 fully saturated rings. The number of thiocarbonyl (C=S) groups is 1. The van der Waals surface area contributed by atoms with Crippen molar-refractivity contribution in [2.75, 3.05) is 5.43 Å². The Kier molecular flexibility index (Phi) is 7.49. The second-order valence-electron chi connectivity index (χ2n) is 5.89. The van der Waals surface area contributed by atoms with E-state index in [4.69, 9.17) is 35.4 Å². The zero-order valence-corrected chi connectivity index (χ0v) is 18.5. The van der Waals surface area contributed by atoms with Gasteiger partial charge in [0.15, 0.2) is 10.9 Å². The number of hydrogen-bond donors (Lipinski definition) is 2. The summed E-state index contributed by atoms with van der Waals surface area (Å²) in [4.78, 5) is 12.4. The number of thioether (sulfide) groups is 1. The van der Waals surface area contributed by atoms with Gasteiger partial charge in [0.1, 0.15) is 0 Å². The summed E-state index contributed by atoms with van der Waals surface area (Å²) in [6, 6.07) is 14.7. The largest absolute Gasteiger partial charge is 0.298 e. The SMILES string of the molecule is CCc1nnc(SCc2ccccc2)n1NC(=S)NC(=O)c1ccc(Cl)c(Cl)c1. The lowest BCUT2D eigenvalue weighted by Crippen LogP contribution is -2.38. The summed E-state index contributed by atoms with van der Waals surface area (Å²) in [6.45, 7) is 1.96. The molecular formula is C19H17Cl2N5OS2. The number of benzene rings is 2. The van der Waals surface area contributed by atoms with E-state index in [0.29, 0.717) is 33.0 Å². The average molecular weight is 466 g/mol. The fourth-order valence-electron chi connectivity index (χ4n) is 2.40. The molecule has 150 valence electrons. The third kappa shape index (κ3) is 5.70. The quantitative estimate of drug-likeness (QED) is 0.406. The number of carbonyl (C=O) groups excluding carboxylic acids is 1. The molecule has 0 radical (unpaired) electrons. The summed E-state index contributed by atoms with van der Waals surface area (Å²) >= 11 is 18.7. The molecule has 0 bridgehead atoms. The van der Waals surface area contributed by atoms with Crippen LogP contribution < -0.4 is 10.7 Å². The zero-order chi connectivity index (χ0) is 20.8. The van der Waals surface area contributed by atoms with Gasteiger partial charge in [0.2, 0.25) is 5.16 Å². The third-order valence-corrected chi connectivity index (χ3v) is 5.78. The molecule has 2 aromatic carbocycles. The van der Waals surface area contributed by atoms with Crippen LogP contribution in [0.2, 0.25) is 10.0 Å². The second kappa shape index (κ2) is 10.1. The summed E-state index contributed by atoms with van der Waals surface area (Å²) in [7, 11) is 0. The molecule has 3 aromatic rings. The number of halogens is 2. The minimum atomic E-state index is -0.398. The lowest BCUT2D eigenvalue weighted by Gasteiger charge is -2.14. The van der Waals surface area contributed by atoms with E-state index >= 15 is 0 Å².